The number of fused-ring (bicyclic) bond motifs is 1. The van der Waals surface area contributed by atoms with E-state index in [1.165, 1.54) is 18.3 Å². The number of H-pyrrole nitrogens is 1. The minimum Gasteiger partial charge on any atom is -0.276 e. The van der Waals surface area contributed by atoms with Crippen molar-refractivity contribution in [2.75, 3.05) is 0 Å². The van der Waals surface area contributed by atoms with Gasteiger partial charge in [-0.05, 0) is 36.2 Å². The summed E-state index contributed by atoms with van der Waals surface area (Å²) in [6, 6.07) is 11.5. The highest BCUT2D eigenvalue weighted by Crippen LogP contribution is 2.32. The van der Waals surface area contributed by atoms with Crippen LogP contribution in [0.2, 0.25) is 0 Å². The summed E-state index contributed by atoms with van der Waals surface area (Å²) in [6.07, 6.45) is 6.32. The predicted molar refractivity (Wildman–Crippen MR) is 122 cm³/mol. The molecule has 0 saturated heterocycles. The predicted octanol–water partition coefficient (Wildman–Crippen LogP) is 6.26. The summed E-state index contributed by atoms with van der Waals surface area (Å²) >= 11 is 0. The molecule has 3 aromatic heterocycles. The van der Waals surface area contributed by atoms with Crippen molar-refractivity contribution in [2.45, 2.75) is 19.8 Å². The average molecular weight is 440 g/mol. The number of halogens is 2. The van der Waals surface area contributed by atoms with Gasteiger partial charge in [0.25, 0.3) is 0 Å². The normalized spacial score (nSPS) is 11.1. The maximum absolute atomic E-state index is 14.8. The van der Waals surface area contributed by atoms with E-state index < -0.39 is 11.6 Å². The molecule has 0 saturated carbocycles. The molecule has 5 aromatic rings. The molecule has 1 N–H and O–H groups in total. The van der Waals surface area contributed by atoms with Gasteiger partial charge in [0, 0.05) is 17.1 Å². The summed E-state index contributed by atoms with van der Waals surface area (Å²) in [4.78, 5) is 7.79. The molecule has 3 heterocycles. The van der Waals surface area contributed by atoms with Crippen LogP contribution in [-0.2, 0) is 6.42 Å². The minimum absolute atomic E-state index is 0.161. The van der Waals surface area contributed by atoms with Crippen molar-refractivity contribution in [3.63, 3.8) is 0 Å². The first-order chi connectivity index (χ1) is 16.1. The van der Waals surface area contributed by atoms with Crippen molar-refractivity contribution in [3.8, 4) is 28.2 Å². The van der Waals surface area contributed by atoms with Gasteiger partial charge < -0.3 is 0 Å². The van der Waals surface area contributed by atoms with E-state index in [0.717, 1.165) is 6.42 Å². The standard InChI is InChI=1S/C25H18F2N6/c1-3-6-15-9-18(26)24(19(27)10-15)21-11-17-22(13-29-21)31-32-25(17)16-12-30-33(14-16)23-8-5-4-7-20(23)28-2/h4-5,7-14H,3,6H2,1H3,(H,31,32). The zero-order valence-electron chi connectivity index (χ0n) is 17.7. The Labute approximate surface area is 188 Å². The second kappa shape index (κ2) is 8.28. The van der Waals surface area contributed by atoms with Crippen LogP contribution in [0.1, 0.15) is 18.9 Å². The fraction of sp³-hybridized carbons (Fsp3) is 0.120. The highest BCUT2D eigenvalue weighted by Gasteiger charge is 2.18. The summed E-state index contributed by atoms with van der Waals surface area (Å²) in [7, 11) is 0. The van der Waals surface area contributed by atoms with E-state index in [4.69, 9.17) is 6.57 Å². The van der Waals surface area contributed by atoms with Gasteiger partial charge in [0.1, 0.15) is 17.3 Å². The third-order valence-corrected chi connectivity index (χ3v) is 5.45. The number of nitrogens with one attached hydrogen (secondary N) is 1. The molecule has 0 spiro atoms. The molecule has 0 atom stereocenters. The number of rotatable bonds is 5. The van der Waals surface area contributed by atoms with E-state index in [9.17, 15) is 8.78 Å². The molecule has 33 heavy (non-hydrogen) atoms. The molecule has 5 rings (SSSR count). The van der Waals surface area contributed by atoms with Crippen molar-refractivity contribution in [2.24, 2.45) is 0 Å². The molecule has 0 unspecified atom stereocenters. The number of aromatic nitrogens is 5. The Hall–Kier alpha value is -4.38. The first-order valence-electron chi connectivity index (χ1n) is 10.4. The Bertz CT molecular complexity index is 1500. The van der Waals surface area contributed by atoms with Gasteiger partial charge in [-0.25, -0.2) is 13.6 Å². The Morgan fingerprint density at radius 2 is 1.88 bits per heavy atom. The first kappa shape index (κ1) is 20.5. The molecule has 8 heteroatoms. The van der Waals surface area contributed by atoms with Crippen molar-refractivity contribution in [3.05, 3.63) is 89.7 Å². The number of aryl methyl sites for hydroxylation is 1. The summed E-state index contributed by atoms with van der Waals surface area (Å²) in [5.41, 5.74) is 3.67. The van der Waals surface area contributed by atoms with E-state index in [1.54, 1.807) is 35.3 Å². The number of aromatic amines is 1. The second-order valence-corrected chi connectivity index (χ2v) is 7.65. The maximum atomic E-state index is 14.8. The molecular formula is C25H18F2N6. The van der Waals surface area contributed by atoms with Crippen molar-refractivity contribution < 1.29 is 8.78 Å². The SMILES string of the molecule is [C-]#[N+]c1ccccc1-n1cc(-c2n[nH]c3cnc(-c4c(F)cc(CCC)cc4F)cc23)cn1. The lowest BCUT2D eigenvalue weighted by Crippen LogP contribution is -1.96. The highest BCUT2D eigenvalue weighted by atomic mass is 19.1. The molecule has 0 aliphatic rings. The molecule has 0 amide bonds. The van der Waals surface area contributed by atoms with E-state index in [-0.39, 0.29) is 11.3 Å². The van der Waals surface area contributed by atoms with Gasteiger partial charge in [-0.15, -0.1) is 0 Å². The molecular weight excluding hydrogens is 422 g/mol. The van der Waals surface area contributed by atoms with Crippen LogP contribution < -0.4 is 0 Å². The van der Waals surface area contributed by atoms with Crippen molar-refractivity contribution in [1.82, 2.24) is 25.0 Å². The van der Waals surface area contributed by atoms with Gasteiger partial charge >= 0.3 is 0 Å². The van der Waals surface area contributed by atoms with E-state index >= 15 is 0 Å². The lowest BCUT2D eigenvalue weighted by atomic mass is 10.0. The fourth-order valence-electron chi connectivity index (χ4n) is 3.91. The number of hydrogen-bond acceptors (Lipinski definition) is 3. The molecule has 0 bridgehead atoms. The third kappa shape index (κ3) is 3.64. The molecule has 162 valence electrons. The monoisotopic (exact) mass is 440 g/mol. The third-order valence-electron chi connectivity index (χ3n) is 5.45. The smallest absolute Gasteiger partial charge is 0.212 e. The Balaban J connectivity index is 1.59. The second-order valence-electron chi connectivity index (χ2n) is 7.65. The van der Waals surface area contributed by atoms with Gasteiger partial charge in [0.05, 0.1) is 41.4 Å². The van der Waals surface area contributed by atoms with Crippen molar-refractivity contribution in [1.29, 1.82) is 0 Å². The lowest BCUT2D eigenvalue weighted by molar-refractivity contribution is 0.584. The van der Waals surface area contributed by atoms with Gasteiger partial charge in [-0.2, -0.15) is 10.2 Å². The number of hydrogen-bond donors (Lipinski definition) is 1. The molecule has 0 aliphatic carbocycles. The van der Waals surface area contributed by atoms with E-state index in [0.29, 0.717) is 45.5 Å². The maximum Gasteiger partial charge on any atom is 0.212 e. The largest absolute Gasteiger partial charge is 0.276 e. The highest BCUT2D eigenvalue weighted by molar-refractivity contribution is 5.94. The number of pyridine rings is 1. The van der Waals surface area contributed by atoms with Crippen LogP contribution in [0, 0.1) is 18.2 Å². The van der Waals surface area contributed by atoms with E-state index in [1.807, 2.05) is 19.1 Å². The molecule has 0 fully saturated rings. The molecule has 6 nitrogen and oxygen atoms in total. The summed E-state index contributed by atoms with van der Waals surface area (Å²) in [5, 5.41) is 12.3. The van der Waals surface area contributed by atoms with Gasteiger partial charge in [-0.3, -0.25) is 14.8 Å². The zero-order chi connectivity index (χ0) is 22.9. The van der Waals surface area contributed by atoms with Crippen LogP contribution >= 0.6 is 0 Å². The van der Waals surface area contributed by atoms with Gasteiger partial charge in [0.15, 0.2) is 0 Å². The Morgan fingerprint density at radius 1 is 1.09 bits per heavy atom. The summed E-state index contributed by atoms with van der Waals surface area (Å²) in [5.74, 6) is -1.28. The van der Waals surface area contributed by atoms with Crippen LogP contribution in [-0.4, -0.2) is 25.0 Å². The topological polar surface area (TPSA) is 63.8 Å². The number of benzene rings is 2. The quantitative estimate of drug-likeness (QED) is 0.328. The van der Waals surface area contributed by atoms with Crippen LogP contribution in [0.25, 0.3) is 44.0 Å². The molecule has 0 radical (unpaired) electrons. The minimum atomic E-state index is -0.640. The first-order valence-corrected chi connectivity index (χ1v) is 10.4. The molecule has 0 aliphatic heterocycles. The van der Waals surface area contributed by atoms with Crippen LogP contribution in [0.4, 0.5) is 14.5 Å². The van der Waals surface area contributed by atoms with Crippen LogP contribution in [0.5, 0.6) is 0 Å². The lowest BCUT2D eigenvalue weighted by Gasteiger charge is -2.08. The zero-order valence-corrected chi connectivity index (χ0v) is 17.7. The Morgan fingerprint density at radius 3 is 2.64 bits per heavy atom. The Kier molecular flexibility index (Phi) is 5.15. The summed E-state index contributed by atoms with van der Waals surface area (Å²) in [6.45, 7) is 9.32. The van der Waals surface area contributed by atoms with Crippen LogP contribution in [0.15, 0.2) is 61.1 Å². The number of nitrogens with zero attached hydrogens (tertiary/aromatic N) is 5. The van der Waals surface area contributed by atoms with Crippen LogP contribution in [0.3, 0.4) is 0 Å². The fourth-order valence-corrected chi connectivity index (χ4v) is 3.91. The summed E-state index contributed by atoms with van der Waals surface area (Å²) < 4.78 is 31.2. The van der Waals surface area contributed by atoms with Gasteiger partial charge in [0.2, 0.25) is 5.69 Å². The molecule has 2 aromatic carbocycles. The van der Waals surface area contributed by atoms with E-state index in [2.05, 4.69) is 25.1 Å². The average Bonchev–Trinajstić information content (AvgIpc) is 3.45. The van der Waals surface area contributed by atoms with Crippen molar-refractivity contribution >= 4 is 16.6 Å². The number of para-hydroxylation sites is 2. The van der Waals surface area contributed by atoms with Gasteiger partial charge in [-0.1, -0.05) is 31.5 Å².